The zero-order valence-electron chi connectivity index (χ0n) is 8.21. The van der Waals surface area contributed by atoms with E-state index in [1.807, 2.05) is 6.92 Å². The molecule has 1 saturated carbocycles. The zero-order valence-corrected chi connectivity index (χ0v) is 8.21. The summed E-state index contributed by atoms with van der Waals surface area (Å²) >= 11 is 0. The van der Waals surface area contributed by atoms with Gasteiger partial charge in [0.05, 0.1) is 13.0 Å². The molecule has 0 saturated heterocycles. The largest absolute Gasteiger partial charge is 0.469 e. The molecule has 0 heterocycles. The van der Waals surface area contributed by atoms with E-state index in [1.165, 1.54) is 7.11 Å². The molecular weight excluding hydrogens is 168 g/mol. The Morgan fingerprint density at radius 3 is 2.77 bits per heavy atom. The highest BCUT2D eigenvalue weighted by Gasteiger charge is 2.41. The van der Waals surface area contributed by atoms with Crippen LogP contribution in [0.3, 0.4) is 0 Å². The molecule has 3 heteroatoms. The molecule has 0 aromatic heterocycles. The molecule has 0 spiro atoms. The standard InChI is InChI=1S/C10H16O3/c1-10(7-11)6-4-3-5-8(10)9(12)13-2/h7-8H,3-6H2,1-2H3/t8-,10-/m1/s1. The van der Waals surface area contributed by atoms with Gasteiger partial charge in [-0.15, -0.1) is 0 Å². The van der Waals surface area contributed by atoms with Gasteiger partial charge in [-0.1, -0.05) is 19.8 Å². The van der Waals surface area contributed by atoms with Crippen LogP contribution in [-0.2, 0) is 14.3 Å². The maximum atomic E-state index is 11.4. The SMILES string of the molecule is COC(=O)[C@H]1CCCC[C@]1(C)C=O. The highest BCUT2D eigenvalue weighted by atomic mass is 16.5. The first-order chi connectivity index (χ1) is 6.14. The topological polar surface area (TPSA) is 43.4 Å². The summed E-state index contributed by atoms with van der Waals surface area (Å²) in [5, 5.41) is 0. The Labute approximate surface area is 78.5 Å². The van der Waals surface area contributed by atoms with Crippen LogP contribution in [0.5, 0.6) is 0 Å². The number of carbonyl (C=O) groups is 2. The van der Waals surface area contributed by atoms with E-state index in [4.69, 9.17) is 0 Å². The van der Waals surface area contributed by atoms with E-state index < -0.39 is 5.41 Å². The third-order valence-corrected chi connectivity index (χ3v) is 3.01. The molecule has 13 heavy (non-hydrogen) atoms. The maximum absolute atomic E-state index is 11.4. The van der Waals surface area contributed by atoms with Crippen molar-refractivity contribution in [2.75, 3.05) is 7.11 Å². The van der Waals surface area contributed by atoms with Crippen LogP contribution in [0.25, 0.3) is 0 Å². The predicted octanol–water partition coefficient (Wildman–Crippen LogP) is 1.55. The number of esters is 1. The van der Waals surface area contributed by atoms with Gasteiger partial charge in [-0.2, -0.15) is 0 Å². The van der Waals surface area contributed by atoms with Gasteiger partial charge in [0, 0.05) is 5.41 Å². The summed E-state index contributed by atoms with van der Waals surface area (Å²) in [5.41, 5.74) is -0.495. The lowest BCUT2D eigenvalue weighted by Gasteiger charge is -2.34. The second kappa shape index (κ2) is 3.90. The minimum Gasteiger partial charge on any atom is -0.469 e. The van der Waals surface area contributed by atoms with Gasteiger partial charge in [0.1, 0.15) is 6.29 Å². The normalized spacial score (nSPS) is 33.8. The van der Waals surface area contributed by atoms with E-state index in [2.05, 4.69) is 4.74 Å². The Bertz CT molecular complexity index is 212. The Balaban J connectivity index is 2.78. The molecule has 0 aromatic rings. The van der Waals surface area contributed by atoms with Crippen molar-refractivity contribution < 1.29 is 14.3 Å². The second-order valence-electron chi connectivity index (χ2n) is 3.95. The van der Waals surface area contributed by atoms with Crippen molar-refractivity contribution in [1.82, 2.24) is 0 Å². The van der Waals surface area contributed by atoms with Crippen LogP contribution in [0.2, 0.25) is 0 Å². The molecule has 3 nitrogen and oxygen atoms in total. The molecular formula is C10H16O3. The summed E-state index contributed by atoms with van der Waals surface area (Å²) in [6.45, 7) is 1.85. The van der Waals surface area contributed by atoms with E-state index in [1.54, 1.807) is 0 Å². The zero-order chi connectivity index (χ0) is 9.90. The van der Waals surface area contributed by atoms with Crippen LogP contribution in [0.4, 0.5) is 0 Å². The second-order valence-corrected chi connectivity index (χ2v) is 3.95. The maximum Gasteiger partial charge on any atom is 0.309 e. The van der Waals surface area contributed by atoms with Gasteiger partial charge in [0.15, 0.2) is 0 Å². The van der Waals surface area contributed by atoms with Crippen LogP contribution in [0, 0.1) is 11.3 Å². The highest BCUT2D eigenvalue weighted by molar-refractivity contribution is 5.78. The van der Waals surface area contributed by atoms with Crippen LogP contribution in [-0.4, -0.2) is 19.4 Å². The lowest BCUT2D eigenvalue weighted by molar-refractivity contribution is -0.154. The van der Waals surface area contributed by atoms with Crippen LogP contribution < -0.4 is 0 Å². The van der Waals surface area contributed by atoms with Gasteiger partial charge in [-0.25, -0.2) is 0 Å². The summed E-state index contributed by atoms with van der Waals surface area (Å²) in [6, 6.07) is 0. The van der Waals surface area contributed by atoms with Crippen molar-refractivity contribution in [3.05, 3.63) is 0 Å². The van der Waals surface area contributed by atoms with Gasteiger partial charge in [-0.05, 0) is 12.8 Å². The Morgan fingerprint density at radius 2 is 2.23 bits per heavy atom. The number of hydrogen-bond donors (Lipinski definition) is 0. The van der Waals surface area contributed by atoms with Gasteiger partial charge >= 0.3 is 5.97 Å². The number of carbonyl (C=O) groups excluding carboxylic acids is 2. The monoisotopic (exact) mass is 184 g/mol. The average molecular weight is 184 g/mol. The molecule has 0 amide bonds. The minimum absolute atomic E-state index is 0.233. The summed E-state index contributed by atoms with van der Waals surface area (Å²) < 4.78 is 4.69. The molecule has 0 aliphatic heterocycles. The van der Waals surface area contributed by atoms with E-state index >= 15 is 0 Å². The van der Waals surface area contributed by atoms with E-state index in [-0.39, 0.29) is 11.9 Å². The van der Waals surface area contributed by atoms with Crippen molar-refractivity contribution in [2.24, 2.45) is 11.3 Å². The van der Waals surface area contributed by atoms with Crippen LogP contribution in [0.15, 0.2) is 0 Å². The van der Waals surface area contributed by atoms with Gasteiger partial charge < -0.3 is 9.53 Å². The molecule has 1 rings (SSSR count). The van der Waals surface area contributed by atoms with Crippen LogP contribution >= 0.6 is 0 Å². The van der Waals surface area contributed by atoms with E-state index in [9.17, 15) is 9.59 Å². The quantitative estimate of drug-likeness (QED) is 0.483. The Kier molecular flexibility index (Phi) is 3.07. The Hall–Kier alpha value is -0.860. The summed E-state index contributed by atoms with van der Waals surface area (Å²) in [5.74, 6) is -0.474. The van der Waals surface area contributed by atoms with Crippen molar-refractivity contribution in [3.8, 4) is 0 Å². The summed E-state index contributed by atoms with van der Waals surface area (Å²) in [6.07, 6.45) is 4.54. The van der Waals surface area contributed by atoms with Crippen LogP contribution in [0.1, 0.15) is 32.6 Å². The Morgan fingerprint density at radius 1 is 1.54 bits per heavy atom. The molecule has 0 bridgehead atoms. The van der Waals surface area contributed by atoms with Crippen molar-refractivity contribution in [3.63, 3.8) is 0 Å². The summed E-state index contributed by atoms with van der Waals surface area (Å²) in [4.78, 5) is 22.3. The fourth-order valence-corrected chi connectivity index (χ4v) is 2.03. The molecule has 0 N–H and O–H groups in total. The molecule has 74 valence electrons. The fraction of sp³-hybridized carbons (Fsp3) is 0.800. The predicted molar refractivity (Wildman–Crippen MR) is 48.1 cm³/mol. The minimum atomic E-state index is -0.495. The van der Waals surface area contributed by atoms with Crippen molar-refractivity contribution >= 4 is 12.3 Å². The van der Waals surface area contributed by atoms with Crippen molar-refractivity contribution in [1.29, 1.82) is 0 Å². The molecule has 0 unspecified atom stereocenters. The lowest BCUT2D eigenvalue weighted by atomic mass is 9.68. The number of hydrogen-bond acceptors (Lipinski definition) is 3. The first-order valence-corrected chi connectivity index (χ1v) is 4.68. The summed E-state index contributed by atoms with van der Waals surface area (Å²) in [7, 11) is 1.38. The van der Waals surface area contributed by atoms with Gasteiger partial charge in [0.2, 0.25) is 0 Å². The average Bonchev–Trinajstić information content (AvgIpc) is 2.17. The number of methoxy groups -OCH3 is 1. The van der Waals surface area contributed by atoms with Gasteiger partial charge in [-0.3, -0.25) is 4.79 Å². The first-order valence-electron chi connectivity index (χ1n) is 4.68. The number of rotatable bonds is 2. The molecule has 2 atom stereocenters. The molecule has 0 radical (unpaired) electrons. The lowest BCUT2D eigenvalue weighted by Crippen LogP contribution is -2.38. The smallest absolute Gasteiger partial charge is 0.309 e. The van der Waals surface area contributed by atoms with E-state index in [0.29, 0.717) is 0 Å². The van der Waals surface area contributed by atoms with Gasteiger partial charge in [0.25, 0.3) is 0 Å². The molecule has 1 aliphatic rings. The number of ether oxygens (including phenoxy) is 1. The third kappa shape index (κ3) is 1.90. The van der Waals surface area contributed by atoms with E-state index in [0.717, 1.165) is 32.0 Å². The third-order valence-electron chi connectivity index (χ3n) is 3.01. The number of aldehydes is 1. The highest BCUT2D eigenvalue weighted by Crippen LogP contribution is 2.39. The fourth-order valence-electron chi connectivity index (χ4n) is 2.03. The molecule has 1 aliphatic carbocycles. The van der Waals surface area contributed by atoms with Crippen molar-refractivity contribution in [2.45, 2.75) is 32.6 Å². The first kappa shape index (κ1) is 10.2. The molecule has 0 aromatic carbocycles. The molecule has 1 fully saturated rings.